The molecule has 0 radical (unpaired) electrons. The third-order valence-electron chi connectivity index (χ3n) is 4.82. The van der Waals surface area contributed by atoms with Crippen LogP contribution in [0.4, 0.5) is 0 Å². The van der Waals surface area contributed by atoms with Gasteiger partial charge in [0.15, 0.2) is 0 Å². The van der Waals surface area contributed by atoms with Crippen LogP contribution >= 0.6 is 0 Å². The first-order valence-corrected chi connectivity index (χ1v) is 7.96. The van der Waals surface area contributed by atoms with E-state index < -0.39 is 0 Å². The van der Waals surface area contributed by atoms with Gasteiger partial charge in [-0.3, -0.25) is 0 Å². The van der Waals surface area contributed by atoms with Crippen LogP contribution in [0.25, 0.3) is 0 Å². The third kappa shape index (κ3) is 5.38. The maximum Gasteiger partial charge on any atom is 0.106 e. The van der Waals surface area contributed by atoms with Crippen molar-refractivity contribution in [2.24, 2.45) is 23.7 Å². The average molecular weight is 264 g/mol. The fourth-order valence-corrected chi connectivity index (χ4v) is 2.26. The number of nitrogens with zero attached hydrogens (tertiary/aromatic N) is 1. The van der Waals surface area contributed by atoms with Gasteiger partial charge < -0.3 is 4.98 Å². The molecule has 3 unspecified atom stereocenters. The van der Waals surface area contributed by atoms with Gasteiger partial charge >= 0.3 is 0 Å². The lowest BCUT2D eigenvalue weighted by molar-refractivity contribution is 0.369. The van der Waals surface area contributed by atoms with Crippen molar-refractivity contribution in [3.8, 4) is 0 Å². The Labute approximate surface area is 119 Å². The second-order valence-electron chi connectivity index (χ2n) is 6.68. The molecule has 1 heterocycles. The highest BCUT2D eigenvalue weighted by molar-refractivity contribution is 5.02. The van der Waals surface area contributed by atoms with E-state index in [1.807, 2.05) is 6.20 Å². The van der Waals surface area contributed by atoms with E-state index in [1.54, 1.807) is 0 Å². The molecule has 0 aliphatic heterocycles. The molecule has 1 N–H and O–H groups in total. The van der Waals surface area contributed by atoms with Crippen LogP contribution in [0.3, 0.4) is 0 Å². The zero-order valence-corrected chi connectivity index (χ0v) is 13.7. The Morgan fingerprint density at radius 3 is 2.32 bits per heavy atom. The van der Waals surface area contributed by atoms with Gasteiger partial charge in [-0.2, -0.15) is 0 Å². The number of nitrogens with one attached hydrogen (secondary N) is 1. The molecule has 1 aromatic rings. The molecule has 0 bridgehead atoms. The first-order valence-electron chi connectivity index (χ1n) is 7.96. The van der Waals surface area contributed by atoms with Crippen LogP contribution in [0.1, 0.15) is 65.9 Å². The van der Waals surface area contributed by atoms with Gasteiger partial charge in [-0.25, -0.2) is 4.98 Å². The number of imidazole rings is 1. The van der Waals surface area contributed by atoms with E-state index >= 15 is 0 Å². The van der Waals surface area contributed by atoms with Crippen LogP contribution in [0, 0.1) is 23.7 Å². The number of aromatic amines is 1. The minimum absolute atomic E-state index is 0.707. The summed E-state index contributed by atoms with van der Waals surface area (Å²) in [5.74, 6) is 4.20. The zero-order chi connectivity index (χ0) is 14.4. The molecule has 0 spiro atoms. The largest absolute Gasteiger partial charge is 0.346 e. The molecule has 1 aromatic heterocycles. The van der Waals surface area contributed by atoms with Gasteiger partial charge in [0.05, 0.1) is 0 Å². The monoisotopic (exact) mass is 264 g/mol. The Bertz CT molecular complexity index is 354. The maximum absolute atomic E-state index is 4.54. The van der Waals surface area contributed by atoms with Crippen LogP contribution in [0.2, 0.25) is 0 Å². The second kappa shape index (κ2) is 7.72. The predicted octanol–water partition coefficient (Wildman–Crippen LogP) is 4.86. The van der Waals surface area contributed by atoms with Crippen molar-refractivity contribution in [2.75, 3.05) is 0 Å². The molecule has 0 saturated heterocycles. The third-order valence-corrected chi connectivity index (χ3v) is 4.82. The lowest BCUT2D eigenvalue weighted by Gasteiger charge is -2.16. The normalized spacial score (nSPS) is 16.6. The Morgan fingerprint density at radius 1 is 1.05 bits per heavy atom. The fourth-order valence-electron chi connectivity index (χ4n) is 2.26. The standard InChI is InChI=1S/C17H32N2/c1-7-13(4)15(6)10-17-18-11-16(19-17)9-8-14(5)12(2)3/h11-15H,7-10H2,1-6H3,(H,18,19). The minimum atomic E-state index is 0.707. The summed E-state index contributed by atoms with van der Waals surface area (Å²) in [5, 5.41) is 0. The molecular formula is C17H32N2. The summed E-state index contributed by atoms with van der Waals surface area (Å²) in [6.07, 6.45) is 6.74. The number of hydrogen-bond donors (Lipinski definition) is 1. The van der Waals surface area contributed by atoms with Crippen LogP contribution < -0.4 is 0 Å². The summed E-state index contributed by atoms with van der Waals surface area (Å²) >= 11 is 0. The molecule has 0 aromatic carbocycles. The SMILES string of the molecule is CCC(C)C(C)Cc1ncc(CCC(C)C(C)C)[nH]1. The van der Waals surface area contributed by atoms with Crippen molar-refractivity contribution < 1.29 is 0 Å². The highest BCUT2D eigenvalue weighted by atomic mass is 14.9. The molecule has 0 fully saturated rings. The quantitative estimate of drug-likeness (QED) is 0.713. The highest BCUT2D eigenvalue weighted by Crippen LogP contribution is 2.19. The maximum atomic E-state index is 4.54. The summed E-state index contributed by atoms with van der Waals surface area (Å²) in [6.45, 7) is 13.9. The predicted molar refractivity (Wildman–Crippen MR) is 83.2 cm³/mol. The van der Waals surface area contributed by atoms with Crippen LogP contribution in [0.15, 0.2) is 6.20 Å². The molecule has 0 aliphatic carbocycles. The van der Waals surface area contributed by atoms with E-state index in [1.165, 1.54) is 24.4 Å². The Balaban J connectivity index is 2.44. The zero-order valence-electron chi connectivity index (χ0n) is 13.7. The summed E-state index contributed by atoms with van der Waals surface area (Å²) in [7, 11) is 0. The summed E-state index contributed by atoms with van der Waals surface area (Å²) < 4.78 is 0. The number of aromatic nitrogens is 2. The first kappa shape index (κ1) is 16.3. The lowest BCUT2D eigenvalue weighted by atomic mass is 9.91. The molecule has 0 saturated carbocycles. The Morgan fingerprint density at radius 2 is 1.74 bits per heavy atom. The topological polar surface area (TPSA) is 28.7 Å². The van der Waals surface area contributed by atoms with Crippen molar-refractivity contribution in [1.82, 2.24) is 9.97 Å². The van der Waals surface area contributed by atoms with E-state index in [0.717, 1.165) is 30.6 Å². The van der Waals surface area contributed by atoms with E-state index in [4.69, 9.17) is 0 Å². The van der Waals surface area contributed by atoms with E-state index in [-0.39, 0.29) is 0 Å². The van der Waals surface area contributed by atoms with Gasteiger partial charge in [-0.1, -0.05) is 48.0 Å². The molecule has 0 aliphatic rings. The van der Waals surface area contributed by atoms with E-state index in [0.29, 0.717) is 5.92 Å². The van der Waals surface area contributed by atoms with Gasteiger partial charge in [0, 0.05) is 18.3 Å². The van der Waals surface area contributed by atoms with Crippen LogP contribution in [0.5, 0.6) is 0 Å². The number of aryl methyl sites for hydroxylation is 1. The highest BCUT2D eigenvalue weighted by Gasteiger charge is 2.13. The molecule has 19 heavy (non-hydrogen) atoms. The van der Waals surface area contributed by atoms with Gasteiger partial charge in [0.25, 0.3) is 0 Å². The first-order chi connectivity index (χ1) is 8.93. The van der Waals surface area contributed by atoms with Crippen molar-refractivity contribution in [3.05, 3.63) is 17.7 Å². The van der Waals surface area contributed by atoms with Gasteiger partial charge in [0.2, 0.25) is 0 Å². The molecular weight excluding hydrogens is 232 g/mol. The summed E-state index contributed by atoms with van der Waals surface area (Å²) in [6, 6.07) is 0. The van der Waals surface area contributed by atoms with Gasteiger partial charge in [-0.15, -0.1) is 0 Å². The Hall–Kier alpha value is -0.790. The molecule has 1 rings (SSSR count). The Kier molecular flexibility index (Phi) is 6.60. The number of rotatable bonds is 8. The minimum Gasteiger partial charge on any atom is -0.346 e. The summed E-state index contributed by atoms with van der Waals surface area (Å²) in [5.41, 5.74) is 1.30. The molecule has 0 amide bonds. The molecule has 2 nitrogen and oxygen atoms in total. The van der Waals surface area contributed by atoms with E-state index in [2.05, 4.69) is 51.5 Å². The van der Waals surface area contributed by atoms with Crippen LogP contribution in [-0.2, 0) is 12.8 Å². The number of hydrogen-bond acceptors (Lipinski definition) is 1. The fraction of sp³-hybridized carbons (Fsp3) is 0.824. The summed E-state index contributed by atoms with van der Waals surface area (Å²) in [4.78, 5) is 8.05. The number of H-pyrrole nitrogens is 1. The average Bonchev–Trinajstić information content (AvgIpc) is 2.82. The van der Waals surface area contributed by atoms with Crippen molar-refractivity contribution >= 4 is 0 Å². The molecule has 110 valence electrons. The van der Waals surface area contributed by atoms with Gasteiger partial charge in [0.1, 0.15) is 5.82 Å². The molecule has 2 heteroatoms. The van der Waals surface area contributed by atoms with Crippen LogP contribution in [-0.4, -0.2) is 9.97 Å². The second-order valence-corrected chi connectivity index (χ2v) is 6.68. The lowest BCUT2D eigenvalue weighted by Crippen LogP contribution is -2.11. The van der Waals surface area contributed by atoms with Crippen molar-refractivity contribution in [2.45, 2.75) is 67.2 Å². The van der Waals surface area contributed by atoms with Crippen molar-refractivity contribution in [3.63, 3.8) is 0 Å². The smallest absolute Gasteiger partial charge is 0.106 e. The van der Waals surface area contributed by atoms with Gasteiger partial charge in [-0.05, 0) is 36.5 Å². The van der Waals surface area contributed by atoms with Crippen molar-refractivity contribution in [1.29, 1.82) is 0 Å². The molecule has 3 atom stereocenters. The van der Waals surface area contributed by atoms with E-state index in [9.17, 15) is 0 Å².